The third-order valence-corrected chi connectivity index (χ3v) is 4.14. The SMILES string of the molecule is Cc1ccc(O)c(NC(=O)COc2cc(C(F)(F)F)nn2-c2ccccc2Cl)c1. The molecular formula is C19H15ClF3N3O3. The zero-order chi connectivity index (χ0) is 21.2. The van der Waals surface area contributed by atoms with Crippen LogP contribution in [0.2, 0.25) is 5.02 Å². The Hall–Kier alpha value is -3.20. The molecule has 2 aromatic carbocycles. The lowest BCUT2D eigenvalue weighted by Crippen LogP contribution is -2.21. The monoisotopic (exact) mass is 425 g/mol. The molecule has 10 heteroatoms. The fourth-order valence-corrected chi connectivity index (χ4v) is 2.69. The van der Waals surface area contributed by atoms with E-state index in [1.165, 1.54) is 18.2 Å². The van der Waals surface area contributed by atoms with E-state index >= 15 is 0 Å². The number of phenolic OH excluding ortho intramolecular Hbond substituents is 1. The predicted octanol–water partition coefficient (Wildman–Crippen LogP) is 4.58. The Morgan fingerprint density at radius 3 is 2.66 bits per heavy atom. The summed E-state index contributed by atoms with van der Waals surface area (Å²) in [6.45, 7) is 1.16. The van der Waals surface area contributed by atoms with Crippen molar-refractivity contribution in [3.8, 4) is 17.3 Å². The van der Waals surface area contributed by atoms with Crippen LogP contribution in [-0.2, 0) is 11.0 Å². The number of alkyl halides is 3. The highest BCUT2D eigenvalue weighted by Crippen LogP contribution is 2.33. The Bertz CT molecular complexity index is 1050. The molecule has 0 aliphatic heterocycles. The van der Waals surface area contributed by atoms with Crippen LogP contribution in [0.1, 0.15) is 11.3 Å². The molecule has 2 N–H and O–H groups in total. The maximum absolute atomic E-state index is 13.1. The van der Waals surface area contributed by atoms with E-state index in [1.807, 2.05) is 0 Å². The van der Waals surface area contributed by atoms with Crippen LogP contribution in [0.3, 0.4) is 0 Å². The van der Waals surface area contributed by atoms with Gasteiger partial charge in [-0.3, -0.25) is 4.79 Å². The smallest absolute Gasteiger partial charge is 0.435 e. The number of para-hydroxylation sites is 1. The number of aromatic hydroxyl groups is 1. The van der Waals surface area contributed by atoms with Gasteiger partial charge in [0.05, 0.1) is 16.4 Å². The summed E-state index contributed by atoms with van der Waals surface area (Å²) in [5.74, 6) is -1.13. The fourth-order valence-electron chi connectivity index (χ4n) is 2.48. The van der Waals surface area contributed by atoms with Gasteiger partial charge in [-0.15, -0.1) is 0 Å². The van der Waals surface area contributed by atoms with Crippen molar-refractivity contribution in [1.82, 2.24) is 9.78 Å². The number of ether oxygens (including phenoxy) is 1. The lowest BCUT2D eigenvalue weighted by atomic mass is 10.2. The number of carbonyl (C=O) groups is 1. The average Bonchev–Trinajstić information content (AvgIpc) is 3.08. The molecule has 3 rings (SSSR count). The lowest BCUT2D eigenvalue weighted by Gasteiger charge is -2.11. The Morgan fingerprint density at radius 2 is 1.97 bits per heavy atom. The van der Waals surface area contributed by atoms with Gasteiger partial charge in [-0.25, -0.2) is 0 Å². The van der Waals surface area contributed by atoms with Gasteiger partial charge in [0.1, 0.15) is 5.75 Å². The van der Waals surface area contributed by atoms with Gasteiger partial charge >= 0.3 is 6.18 Å². The number of aryl methyl sites for hydroxylation is 1. The summed E-state index contributed by atoms with van der Waals surface area (Å²) < 4.78 is 45.4. The molecule has 0 atom stereocenters. The van der Waals surface area contributed by atoms with Crippen LogP contribution in [0.15, 0.2) is 48.5 Å². The number of rotatable bonds is 5. The van der Waals surface area contributed by atoms with Crippen molar-refractivity contribution >= 4 is 23.2 Å². The molecule has 0 fully saturated rings. The average molecular weight is 426 g/mol. The minimum atomic E-state index is -4.71. The molecule has 0 unspecified atom stereocenters. The number of halogens is 4. The maximum Gasteiger partial charge on any atom is 0.435 e. The molecule has 0 bridgehead atoms. The van der Waals surface area contributed by atoms with Gasteiger partial charge in [0.15, 0.2) is 12.3 Å². The maximum atomic E-state index is 13.1. The topological polar surface area (TPSA) is 76.4 Å². The summed E-state index contributed by atoms with van der Waals surface area (Å²) in [7, 11) is 0. The molecule has 1 heterocycles. The summed E-state index contributed by atoms with van der Waals surface area (Å²) >= 11 is 6.05. The van der Waals surface area contributed by atoms with Crippen molar-refractivity contribution in [2.24, 2.45) is 0 Å². The van der Waals surface area contributed by atoms with Crippen molar-refractivity contribution < 1.29 is 27.8 Å². The number of hydrogen-bond acceptors (Lipinski definition) is 4. The van der Waals surface area contributed by atoms with E-state index < -0.39 is 24.4 Å². The normalized spacial score (nSPS) is 11.3. The minimum absolute atomic E-state index is 0.149. The van der Waals surface area contributed by atoms with Crippen LogP contribution in [0.4, 0.5) is 18.9 Å². The second-order valence-electron chi connectivity index (χ2n) is 6.09. The third kappa shape index (κ3) is 4.80. The quantitative estimate of drug-likeness (QED) is 0.587. The van der Waals surface area contributed by atoms with Crippen LogP contribution < -0.4 is 10.1 Å². The van der Waals surface area contributed by atoms with E-state index in [4.69, 9.17) is 16.3 Å². The Labute approximate surface area is 168 Å². The van der Waals surface area contributed by atoms with E-state index in [9.17, 15) is 23.1 Å². The molecule has 0 spiro atoms. The highest BCUT2D eigenvalue weighted by molar-refractivity contribution is 6.32. The summed E-state index contributed by atoms with van der Waals surface area (Å²) in [4.78, 5) is 12.1. The number of hydrogen-bond donors (Lipinski definition) is 2. The van der Waals surface area contributed by atoms with E-state index in [2.05, 4.69) is 10.4 Å². The molecule has 29 heavy (non-hydrogen) atoms. The number of benzene rings is 2. The first-order valence-electron chi connectivity index (χ1n) is 8.29. The van der Waals surface area contributed by atoms with E-state index in [0.717, 1.165) is 10.2 Å². The molecule has 152 valence electrons. The third-order valence-electron chi connectivity index (χ3n) is 3.83. The Kier molecular flexibility index (Phi) is 5.69. The number of carbonyl (C=O) groups excluding carboxylic acids is 1. The standard InChI is InChI=1S/C19H15ClF3N3O3/c1-11-6-7-15(27)13(8-11)24-17(28)10-29-18-9-16(19(21,22)23)25-26(18)14-5-3-2-4-12(14)20/h2-9,27H,10H2,1H3,(H,24,28). The second-order valence-corrected chi connectivity index (χ2v) is 6.49. The van der Waals surface area contributed by atoms with Crippen molar-refractivity contribution in [2.45, 2.75) is 13.1 Å². The van der Waals surface area contributed by atoms with Crippen molar-refractivity contribution in [3.63, 3.8) is 0 Å². The van der Waals surface area contributed by atoms with Gasteiger partial charge < -0.3 is 15.2 Å². The molecule has 0 aliphatic carbocycles. The summed E-state index contributed by atoms with van der Waals surface area (Å²) in [6, 6.07) is 11.4. The summed E-state index contributed by atoms with van der Waals surface area (Å²) in [5, 5.41) is 15.9. The van der Waals surface area contributed by atoms with Crippen LogP contribution in [0.5, 0.6) is 11.6 Å². The number of aromatic nitrogens is 2. The molecular weight excluding hydrogens is 411 g/mol. The number of nitrogens with zero attached hydrogens (tertiary/aromatic N) is 2. The van der Waals surface area contributed by atoms with Gasteiger partial charge in [0.2, 0.25) is 5.88 Å². The van der Waals surface area contributed by atoms with Crippen molar-refractivity contribution in [1.29, 1.82) is 0 Å². The summed E-state index contributed by atoms with van der Waals surface area (Å²) in [5.41, 5.74) is -0.0691. The van der Waals surface area contributed by atoms with Gasteiger partial charge in [0, 0.05) is 6.07 Å². The molecule has 0 radical (unpaired) electrons. The van der Waals surface area contributed by atoms with Gasteiger partial charge in [-0.05, 0) is 36.8 Å². The zero-order valence-electron chi connectivity index (χ0n) is 15.0. The minimum Gasteiger partial charge on any atom is -0.506 e. The van der Waals surface area contributed by atoms with Crippen molar-refractivity contribution in [3.05, 3.63) is 64.8 Å². The fraction of sp³-hybridized carbons (Fsp3) is 0.158. The van der Waals surface area contributed by atoms with Crippen LogP contribution in [-0.4, -0.2) is 27.4 Å². The van der Waals surface area contributed by atoms with Crippen molar-refractivity contribution in [2.75, 3.05) is 11.9 Å². The molecule has 0 saturated heterocycles. The lowest BCUT2D eigenvalue weighted by molar-refractivity contribution is -0.141. The summed E-state index contributed by atoms with van der Waals surface area (Å²) in [6.07, 6.45) is -4.71. The van der Waals surface area contributed by atoms with Gasteiger partial charge in [-0.1, -0.05) is 29.8 Å². The highest BCUT2D eigenvalue weighted by Gasteiger charge is 2.36. The van der Waals surface area contributed by atoms with Crippen LogP contribution >= 0.6 is 11.6 Å². The number of amides is 1. The number of nitrogens with one attached hydrogen (secondary N) is 1. The van der Waals surface area contributed by atoms with E-state index in [1.54, 1.807) is 31.2 Å². The molecule has 1 amide bonds. The largest absolute Gasteiger partial charge is 0.506 e. The zero-order valence-corrected chi connectivity index (χ0v) is 15.8. The molecule has 6 nitrogen and oxygen atoms in total. The predicted molar refractivity (Wildman–Crippen MR) is 101 cm³/mol. The van der Waals surface area contributed by atoms with Gasteiger partial charge in [-0.2, -0.15) is 23.0 Å². The number of phenols is 1. The molecule has 1 aromatic heterocycles. The van der Waals surface area contributed by atoms with E-state index in [-0.39, 0.29) is 28.0 Å². The molecule has 0 aliphatic rings. The second kappa shape index (κ2) is 8.04. The first-order chi connectivity index (χ1) is 13.6. The first kappa shape index (κ1) is 20.5. The van der Waals surface area contributed by atoms with Gasteiger partial charge in [0.25, 0.3) is 5.91 Å². The molecule has 0 saturated carbocycles. The highest BCUT2D eigenvalue weighted by atomic mass is 35.5. The Morgan fingerprint density at radius 1 is 1.24 bits per heavy atom. The first-order valence-corrected chi connectivity index (χ1v) is 8.67. The van der Waals surface area contributed by atoms with Crippen LogP contribution in [0.25, 0.3) is 5.69 Å². The molecule has 3 aromatic rings. The van der Waals surface area contributed by atoms with Crippen LogP contribution in [0, 0.1) is 6.92 Å². The van der Waals surface area contributed by atoms with E-state index in [0.29, 0.717) is 6.07 Å². The number of anilines is 1. The Balaban J connectivity index is 1.83.